The average Bonchev–Trinajstić information content (AvgIpc) is 2.89. The van der Waals surface area contributed by atoms with Crippen LogP contribution in [0.4, 0.5) is 0 Å². The third-order valence-corrected chi connectivity index (χ3v) is 3.74. The number of rotatable bonds is 3. The van der Waals surface area contributed by atoms with Crippen molar-refractivity contribution in [1.82, 2.24) is 15.5 Å². The van der Waals surface area contributed by atoms with E-state index in [-0.39, 0.29) is 18.4 Å². The van der Waals surface area contributed by atoms with Crippen LogP contribution in [0.15, 0.2) is 17.5 Å². The van der Waals surface area contributed by atoms with E-state index in [1.54, 1.807) is 11.0 Å². The van der Waals surface area contributed by atoms with Crippen LogP contribution < -0.4 is 10.6 Å². The van der Waals surface area contributed by atoms with E-state index in [1.165, 1.54) is 11.3 Å². The first-order chi connectivity index (χ1) is 8.66. The number of nitrogens with zero attached hydrogens (tertiary/aromatic N) is 1. The number of thiophene rings is 1. The normalized spacial score (nSPS) is 19.6. The number of hydrogen-bond acceptors (Lipinski definition) is 4. The molecule has 1 atom stereocenters. The second kappa shape index (κ2) is 5.97. The Kier molecular flexibility index (Phi) is 4.33. The predicted octanol–water partition coefficient (Wildman–Crippen LogP) is 0.298. The standard InChI is InChI=1S/C12H17N3O2S/c1-9-8-15(5-4-13-9)11(16)7-14-12(17)10-3-2-6-18-10/h2-3,6,9,13H,4-5,7-8H2,1H3,(H,14,17). The molecule has 2 amide bonds. The molecule has 0 saturated carbocycles. The molecule has 0 spiro atoms. The molecular weight excluding hydrogens is 250 g/mol. The summed E-state index contributed by atoms with van der Waals surface area (Å²) in [4.78, 5) is 26.0. The summed E-state index contributed by atoms with van der Waals surface area (Å²) >= 11 is 1.37. The molecule has 1 aliphatic heterocycles. The van der Waals surface area contributed by atoms with E-state index in [4.69, 9.17) is 0 Å². The van der Waals surface area contributed by atoms with Crippen LogP contribution in [0.1, 0.15) is 16.6 Å². The van der Waals surface area contributed by atoms with Gasteiger partial charge >= 0.3 is 0 Å². The fourth-order valence-corrected chi connectivity index (χ4v) is 2.56. The molecule has 5 nitrogen and oxygen atoms in total. The van der Waals surface area contributed by atoms with Gasteiger partial charge in [0, 0.05) is 25.7 Å². The molecule has 0 aromatic carbocycles. The average molecular weight is 267 g/mol. The number of carbonyl (C=O) groups is 2. The summed E-state index contributed by atoms with van der Waals surface area (Å²) in [6, 6.07) is 3.88. The fourth-order valence-electron chi connectivity index (χ4n) is 1.92. The van der Waals surface area contributed by atoms with Crippen molar-refractivity contribution in [3.8, 4) is 0 Å². The second-order valence-electron chi connectivity index (χ2n) is 4.35. The Morgan fingerprint density at radius 2 is 2.44 bits per heavy atom. The predicted molar refractivity (Wildman–Crippen MR) is 70.7 cm³/mol. The maximum absolute atomic E-state index is 11.9. The van der Waals surface area contributed by atoms with E-state index in [0.717, 1.165) is 6.54 Å². The molecular formula is C12H17N3O2S. The zero-order chi connectivity index (χ0) is 13.0. The first-order valence-corrected chi connectivity index (χ1v) is 6.87. The van der Waals surface area contributed by atoms with Gasteiger partial charge in [-0.15, -0.1) is 11.3 Å². The molecule has 2 heterocycles. The number of nitrogens with one attached hydrogen (secondary N) is 2. The quantitative estimate of drug-likeness (QED) is 0.828. The Hall–Kier alpha value is -1.40. The Labute approximate surface area is 110 Å². The number of amides is 2. The topological polar surface area (TPSA) is 61.4 Å². The minimum Gasteiger partial charge on any atom is -0.342 e. The van der Waals surface area contributed by atoms with E-state index in [2.05, 4.69) is 10.6 Å². The van der Waals surface area contributed by atoms with Crippen molar-refractivity contribution in [2.45, 2.75) is 13.0 Å². The maximum Gasteiger partial charge on any atom is 0.261 e. The molecule has 0 aliphatic carbocycles. The highest BCUT2D eigenvalue weighted by molar-refractivity contribution is 7.12. The minimum atomic E-state index is -0.179. The Balaban J connectivity index is 1.79. The Bertz CT molecular complexity index is 419. The molecule has 1 unspecified atom stereocenters. The van der Waals surface area contributed by atoms with Crippen molar-refractivity contribution < 1.29 is 9.59 Å². The molecule has 0 bridgehead atoms. The second-order valence-corrected chi connectivity index (χ2v) is 5.30. The molecule has 2 rings (SSSR count). The van der Waals surface area contributed by atoms with E-state index in [9.17, 15) is 9.59 Å². The summed E-state index contributed by atoms with van der Waals surface area (Å²) in [5, 5.41) is 7.77. The first kappa shape index (κ1) is 13.0. The van der Waals surface area contributed by atoms with Gasteiger partial charge in [0.15, 0.2) is 0 Å². The fraction of sp³-hybridized carbons (Fsp3) is 0.500. The van der Waals surface area contributed by atoms with Crippen LogP contribution in [0.25, 0.3) is 0 Å². The van der Waals surface area contributed by atoms with E-state index >= 15 is 0 Å². The Morgan fingerprint density at radius 3 is 3.11 bits per heavy atom. The smallest absolute Gasteiger partial charge is 0.261 e. The summed E-state index contributed by atoms with van der Waals surface area (Å²) in [5.41, 5.74) is 0. The third-order valence-electron chi connectivity index (χ3n) is 2.87. The van der Waals surface area contributed by atoms with Gasteiger partial charge in [0.2, 0.25) is 5.91 Å². The molecule has 98 valence electrons. The molecule has 1 fully saturated rings. The third kappa shape index (κ3) is 3.30. The number of hydrogen-bond donors (Lipinski definition) is 2. The Morgan fingerprint density at radius 1 is 1.61 bits per heavy atom. The van der Waals surface area contributed by atoms with Crippen molar-refractivity contribution >= 4 is 23.2 Å². The van der Waals surface area contributed by atoms with Gasteiger partial charge in [0.25, 0.3) is 5.91 Å². The van der Waals surface area contributed by atoms with Crippen molar-refractivity contribution in [2.24, 2.45) is 0 Å². The van der Waals surface area contributed by atoms with Gasteiger partial charge in [-0.2, -0.15) is 0 Å². The SMILES string of the molecule is CC1CN(C(=O)CNC(=O)c2cccs2)CCN1. The zero-order valence-corrected chi connectivity index (χ0v) is 11.1. The van der Waals surface area contributed by atoms with Gasteiger partial charge in [0.1, 0.15) is 0 Å². The highest BCUT2D eigenvalue weighted by atomic mass is 32.1. The molecule has 0 radical (unpaired) electrons. The maximum atomic E-state index is 11.9. The largest absolute Gasteiger partial charge is 0.342 e. The van der Waals surface area contributed by atoms with Crippen molar-refractivity contribution in [1.29, 1.82) is 0 Å². The van der Waals surface area contributed by atoms with Gasteiger partial charge in [0.05, 0.1) is 11.4 Å². The summed E-state index contributed by atoms with van der Waals surface area (Å²) in [5.74, 6) is -0.199. The van der Waals surface area contributed by atoms with Crippen LogP contribution in [-0.4, -0.2) is 48.9 Å². The van der Waals surface area contributed by atoms with Gasteiger partial charge in [-0.3, -0.25) is 9.59 Å². The van der Waals surface area contributed by atoms with Gasteiger partial charge in [-0.05, 0) is 18.4 Å². The lowest BCUT2D eigenvalue weighted by Crippen LogP contribution is -2.53. The monoisotopic (exact) mass is 267 g/mol. The number of piperazine rings is 1. The van der Waals surface area contributed by atoms with E-state index in [0.29, 0.717) is 24.0 Å². The molecule has 1 aromatic heterocycles. The zero-order valence-electron chi connectivity index (χ0n) is 10.3. The van der Waals surface area contributed by atoms with Crippen molar-refractivity contribution in [3.05, 3.63) is 22.4 Å². The van der Waals surface area contributed by atoms with Gasteiger partial charge in [-0.1, -0.05) is 6.07 Å². The lowest BCUT2D eigenvalue weighted by Gasteiger charge is -2.31. The highest BCUT2D eigenvalue weighted by Crippen LogP contribution is 2.07. The minimum absolute atomic E-state index is 0.0201. The lowest BCUT2D eigenvalue weighted by molar-refractivity contribution is -0.131. The van der Waals surface area contributed by atoms with Crippen LogP contribution in [0.5, 0.6) is 0 Å². The van der Waals surface area contributed by atoms with Crippen LogP contribution in [0.3, 0.4) is 0 Å². The summed E-state index contributed by atoms with van der Waals surface area (Å²) in [6.45, 7) is 4.34. The molecule has 2 N–H and O–H groups in total. The van der Waals surface area contributed by atoms with Gasteiger partial charge in [-0.25, -0.2) is 0 Å². The van der Waals surface area contributed by atoms with Crippen LogP contribution >= 0.6 is 11.3 Å². The van der Waals surface area contributed by atoms with Crippen LogP contribution in [0, 0.1) is 0 Å². The van der Waals surface area contributed by atoms with Gasteiger partial charge < -0.3 is 15.5 Å². The first-order valence-electron chi connectivity index (χ1n) is 5.99. The highest BCUT2D eigenvalue weighted by Gasteiger charge is 2.20. The van der Waals surface area contributed by atoms with Crippen LogP contribution in [-0.2, 0) is 4.79 Å². The van der Waals surface area contributed by atoms with Crippen molar-refractivity contribution in [2.75, 3.05) is 26.2 Å². The molecule has 6 heteroatoms. The summed E-state index contributed by atoms with van der Waals surface area (Å²) in [7, 11) is 0. The lowest BCUT2D eigenvalue weighted by atomic mass is 10.2. The van der Waals surface area contributed by atoms with Crippen LogP contribution in [0.2, 0.25) is 0 Å². The number of carbonyl (C=O) groups excluding carboxylic acids is 2. The molecule has 1 aliphatic rings. The molecule has 1 saturated heterocycles. The van der Waals surface area contributed by atoms with E-state index < -0.39 is 0 Å². The van der Waals surface area contributed by atoms with Crippen molar-refractivity contribution in [3.63, 3.8) is 0 Å². The molecule has 1 aromatic rings. The molecule has 18 heavy (non-hydrogen) atoms. The summed E-state index contributed by atoms with van der Waals surface area (Å²) in [6.07, 6.45) is 0. The van der Waals surface area contributed by atoms with E-state index in [1.807, 2.05) is 18.4 Å². The summed E-state index contributed by atoms with van der Waals surface area (Å²) < 4.78 is 0.